The number of carbonyl (C=O) groups excluding carboxylic acids is 1. The van der Waals surface area contributed by atoms with Crippen molar-refractivity contribution < 1.29 is 14.3 Å². The van der Waals surface area contributed by atoms with E-state index in [-0.39, 0.29) is 17.6 Å². The standard InChI is InChI=1S/C20H25N3O3/c1-25-18-12-23(19(24)7-9-22-10-8-21-15-22)14-20(18)11-17(13-26-20)16-5-3-2-4-6-16/h2-6,8,10,15,17-18H,7,9,11-14H2,1H3/t17-,18-,20-/m1/s1. The second-order valence-electron chi connectivity index (χ2n) is 7.24. The van der Waals surface area contributed by atoms with Crippen molar-refractivity contribution in [2.45, 2.75) is 37.0 Å². The molecule has 26 heavy (non-hydrogen) atoms. The predicted molar refractivity (Wildman–Crippen MR) is 96.7 cm³/mol. The summed E-state index contributed by atoms with van der Waals surface area (Å²) in [6, 6.07) is 10.5. The van der Waals surface area contributed by atoms with Crippen molar-refractivity contribution in [2.75, 3.05) is 26.8 Å². The fourth-order valence-electron chi connectivity index (χ4n) is 4.21. The number of aryl methyl sites for hydroxylation is 1. The smallest absolute Gasteiger partial charge is 0.224 e. The highest BCUT2D eigenvalue weighted by molar-refractivity contribution is 5.76. The number of likely N-dealkylation sites (tertiary alicyclic amines) is 1. The van der Waals surface area contributed by atoms with Crippen LogP contribution >= 0.6 is 0 Å². The fourth-order valence-corrected chi connectivity index (χ4v) is 4.21. The number of methoxy groups -OCH3 is 1. The molecule has 1 aromatic heterocycles. The molecule has 0 unspecified atom stereocenters. The van der Waals surface area contributed by atoms with Crippen molar-refractivity contribution in [1.82, 2.24) is 14.5 Å². The molecule has 3 atom stereocenters. The lowest BCUT2D eigenvalue weighted by atomic mass is 9.87. The average Bonchev–Trinajstić information content (AvgIpc) is 3.41. The number of benzene rings is 1. The van der Waals surface area contributed by atoms with Crippen LogP contribution in [0.3, 0.4) is 0 Å². The molecule has 1 spiro atoms. The van der Waals surface area contributed by atoms with Crippen LogP contribution in [0, 0.1) is 0 Å². The van der Waals surface area contributed by atoms with E-state index in [1.165, 1.54) is 5.56 Å². The third kappa shape index (κ3) is 3.27. The average molecular weight is 355 g/mol. The first kappa shape index (κ1) is 17.2. The summed E-state index contributed by atoms with van der Waals surface area (Å²) in [5, 5.41) is 0. The molecule has 1 aromatic carbocycles. The SMILES string of the molecule is CO[C@@H]1CN(C(=O)CCn2ccnc2)C[C@]12C[C@@H](c1ccccc1)CO2. The Bertz CT molecular complexity index is 734. The van der Waals surface area contributed by atoms with Crippen molar-refractivity contribution >= 4 is 5.91 Å². The van der Waals surface area contributed by atoms with Crippen molar-refractivity contribution in [2.24, 2.45) is 0 Å². The van der Waals surface area contributed by atoms with Gasteiger partial charge in [-0.25, -0.2) is 4.98 Å². The van der Waals surface area contributed by atoms with Crippen molar-refractivity contribution in [1.29, 1.82) is 0 Å². The van der Waals surface area contributed by atoms with Gasteiger partial charge in [0.1, 0.15) is 11.7 Å². The van der Waals surface area contributed by atoms with Crippen LogP contribution in [0.5, 0.6) is 0 Å². The Morgan fingerprint density at radius 3 is 2.96 bits per heavy atom. The molecule has 2 saturated heterocycles. The molecule has 0 radical (unpaired) electrons. The van der Waals surface area contributed by atoms with Crippen LogP contribution < -0.4 is 0 Å². The molecule has 2 fully saturated rings. The molecule has 3 heterocycles. The quantitative estimate of drug-likeness (QED) is 0.824. The maximum atomic E-state index is 12.7. The van der Waals surface area contributed by atoms with Crippen LogP contribution in [0.4, 0.5) is 0 Å². The van der Waals surface area contributed by atoms with E-state index >= 15 is 0 Å². The second kappa shape index (κ2) is 7.21. The normalized spacial score (nSPS) is 28.1. The Hall–Kier alpha value is -2.18. The number of carbonyl (C=O) groups is 1. The van der Waals surface area contributed by atoms with Crippen LogP contribution in [0.25, 0.3) is 0 Å². The summed E-state index contributed by atoms with van der Waals surface area (Å²) in [4.78, 5) is 18.6. The zero-order valence-corrected chi connectivity index (χ0v) is 15.1. The molecule has 2 aliphatic heterocycles. The van der Waals surface area contributed by atoms with Gasteiger partial charge in [-0.05, 0) is 12.0 Å². The van der Waals surface area contributed by atoms with Gasteiger partial charge in [0.2, 0.25) is 5.91 Å². The zero-order chi connectivity index (χ0) is 18.0. The third-order valence-corrected chi connectivity index (χ3v) is 5.65. The van der Waals surface area contributed by atoms with Crippen LogP contribution in [0.15, 0.2) is 49.1 Å². The molecule has 2 aromatic rings. The van der Waals surface area contributed by atoms with Gasteiger partial charge in [0.25, 0.3) is 0 Å². The summed E-state index contributed by atoms with van der Waals surface area (Å²) < 4.78 is 13.9. The fraction of sp³-hybridized carbons (Fsp3) is 0.500. The topological polar surface area (TPSA) is 56.6 Å². The molecule has 138 valence electrons. The lowest BCUT2D eigenvalue weighted by Gasteiger charge is -2.28. The number of imidazole rings is 1. The minimum Gasteiger partial charge on any atom is -0.377 e. The summed E-state index contributed by atoms with van der Waals surface area (Å²) in [7, 11) is 1.71. The second-order valence-corrected chi connectivity index (χ2v) is 7.24. The van der Waals surface area contributed by atoms with Gasteiger partial charge < -0.3 is 18.9 Å². The zero-order valence-electron chi connectivity index (χ0n) is 15.1. The van der Waals surface area contributed by atoms with Crippen molar-refractivity contribution in [3.8, 4) is 0 Å². The molecule has 6 nitrogen and oxygen atoms in total. The molecule has 2 aliphatic rings. The maximum absolute atomic E-state index is 12.7. The van der Waals surface area contributed by atoms with Crippen molar-refractivity contribution in [3.63, 3.8) is 0 Å². The highest BCUT2D eigenvalue weighted by atomic mass is 16.6. The largest absolute Gasteiger partial charge is 0.377 e. The number of amides is 1. The Labute approximate surface area is 153 Å². The number of nitrogens with zero attached hydrogens (tertiary/aromatic N) is 3. The maximum Gasteiger partial charge on any atom is 0.224 e. The van der Waals surface area contributed by atoms with E-state index in [4.69, 9.17) is 9.47 Å². The Morgan fingerprint density at radius 2 is 2.23 bits per heavy atom. The number of ether oxygens (including phenoxy) is 2. The first-order chi connectivity index (χ1) is 12.7. The van der Waals surface area contributed by atoms with E-state index < -0.39 is 0 Å². The number of hydrogen-bond donors (Lipinski definition) is 0. The van der Waals surface area contributed by atoms with Gasteiger partial charge in [0.15, 0.2) is 0 Å². The van der Waals surface area contributed by atoms with Crippen LogP contribution in [-0.4, -0.2) is 58.9 Å². The number of hydrogen-bond acceptors (Lipinski definition) is 4. The molecule has 4 rings (SSSR count). The van der Waals surface area contributed by atoms with E-state index in [1.807, 2.05) is 21.7 Å². The van der Waals surface area contributed by atoms with Gasteiger partial charge in [-0.3, -0.25) is 4.79 Å². The first-order valence-electron chi connectivity index (χ1n) is 9.15. The summed E-state index contributed by atoms with van der Waals surface area (Å²) in [5.41, 5.74) is 0.907. The van der Waals surface area contributed by atoms with Gasteiger partial charge in [0, 0.05) is 44.9 Å². The van der Waals surface area contributed by atoms with Gasteiger partial charge in [-0.15, -0.1) is 0 Å². The van der Waals surface area contributed by atoms with E-state index in [0.29, 0.717) is 38.6 Å². The van der Waals surface area contributed by atoms with E-state index in [2.05, 4.69) is 29.2 Å². The Kier molecular flexibility index (Phi) is 4.78. The molecular weight excluding hydrogens is 330 g/mol. The molecular formula is C20H25N3O3. The third-order valence-electron chi connectivity index (χ3n) is 5.65. The molecule has 1 amide bonds. The first-order valence-corrected chi connectivity index (χ1v) is 9.15. The Morgan fingerprint density at radius 1 is 1.38 bits per heavy atom. The highest BCUT2D eigenvalue weighted by Gasteiger charge is 2.53. The lowest BCUT2D eigenvalue weighted by Crippen LogP contribution is -2.42. The van der Waals surface area contributed by atoms with E-state index in [9.17, 15) is 4.79 Å². The molecule has 0 N–H and O–H groups in total. The van der Waals surface area contributed by atoms with Crippen LogP contribution in [0.2, 0.25) is 0 Å². The lowest BCUT2D eigenvalue weighted by molar-refractivity contribution is -0.131. The van der Waals surface area contributed by atoms with Crippen LogP contribution in [0.1, 0.15) is 24.3 Å². The molecule has 0 saturated carbocycles. The summed E-state index contributed by atoms with van der Waals surface area (Å²) in [6.07, 6.45) is 6.62. The summed E-state index contributed by atoms with van der Waals surface area (Å²) in [6.45, 7) is 2.53. The molecule has 0 aliphatic carbocycles. The predicted octanol–water partition coefficient (Wildman–Crippen LogP) is 2.07. The summed E-state index contributed by atoms with van der Waals surface area (Å²) >= 11 is 0. The van der Waals surface area contributed by atoms with E-state index in [0.717, 1.165) is 6.42 Å². The Balaban J connectivity index is 1.41. The van der Waals surface area contributed by atoms with Crippen LogP contribution in [-0.2, 0) is 20.8 Å². The van der Waals surface area contributed by atoms with Crippen molar-refractivity contribution in [3.05, 3.63) is 54.6 Å². The van der Waals surface area contributed by atoms with Gasteiger partial charge >= 0.3 is 0 Å². The highest BCUT2D eigenvalue weighted by Crippen LogP contribution is 2.43. The van der Waals surface area contributed by atoms with Gasteiger partial charge in [-0.1, -0.05) is 30.3 Å². The van der Waals surface area contributed by atoms with Gasteiger partial charge in [0.05, 0.1) is 19.5 Å². The van der Waals surface area contributed by atoms with E-state index in [1.54, 1.807) is 19.6 Å². The molecule has 6 heteroatoms. The summed E-state index contributed by atoms with van der Waals surface area (Å²) in [5.74, 6) is 0.499. The minimum atomic E-state index is -0.389. The number of rotatable bonds is 5. The van der Waals surface area contributed by atoms with Gasteiger partial charge in [-0.2, -0.15) is 0 Å². The monoisotopic (exact) mass is 355 g/mol. The minimum absolute atomic E-state index is 0.0755. The number of aromatic nitrogens is 2. The molecule has 0 bridgehead atoms.